The third-order valence-electron chi connectivity index (χ3n) is 5.02. The summed E-state index contributed by atoms with van der Waals surface area (Å²) in [5.41, 5.74) is 10.0. The number of rotatable bonds is 5. The molecule has 0 aliphatic carbocycles. The fraction of sp³-hybridized carbons (Fsp3) is 0.125. The topological polar surface area (TPSA) is 88.3 Å². The molecule has 1 aliphatic heterocycles. The van der Waals surface area contributed by atoms with Gasteiger partial charge in [-0.1, -0.05) is 30.3 Å². The highest BCUT2D eigenvalue weighted by Gasteiger charge is 2.25. The molecule has 1 aromatic heterocycles. The van der Waals surface area contributed by atoms with Gasteiger partial charge in [0.25, 0.3) is 5.91 Å². The van der Waals surface area contributed by atoms with Gasteiger partial charge in [0.15, 0.2) is 0 Å². The van der Waals surface area contributed by atoms with E-state index in [1.807, 2.05) is 53.4 Å². The first-order chi connectivity index (χ1) is 14.6. The van der Waals surface area contributed by atoms with Gasteiger partial charge in [-0.3, -0.25) is 14.6 Å². The second-order valence-corrected chi connectivity index (χ2v) is 7.14. The Labute approximate surface area is 175 Å². The van der Waals surface area contributed by atoms with Crippen LogP contribution < -0.4 is 11.1 Å². The standard InChI is InChI=1S/C24H22N4O2/c25-21-6-1-2-7-22(21)27-23(29)18-10-8-17(9-11-18)16-28-14-12-19(24(28)30)15-20-5-3-4-13-26-20/h1-11,13,15H,12,14,16,25H2,(H,27,29)/b19-15+. The van der Waals surface area contributed by atoms with E-state index in [-0.39, 0.29) is 11.8 Å². The average Bonchev–Trinajstić information content (AvgIpc) is 3.10. The molecule has 6 heteroatoms. The number of nitrogen functional groups attached to an aromatic ring is 1. The van der Waals surface area contributed by atoms with Gasteiger partial charge in [-0.25, -0.2) is 0 Å². The van der Waals surface area contributed by atoms with Crippen LogP contribution >= 0.6 is 0 Å². The summed E-state index contributed by atoms with van der Waals surface area (Å²) in [7, 11) is 0. The third-order valence-corrected chi connectivity index (χ3v) is 5.02. The Morgan fingerprint density at radius 2 is 1.83 bits per heavy atom. The monoisotopic (exact) mass is 398 g/mol. The van der Waals surface area contributed by atoms with Gasteiger partial charge >= 0.3 is 0 Å². The molecule has 3 aromatic rings. The first-order valence-corrected chi connectivity index (χ1v) is 9.76. The first kappa shape index (κ1) is 19.4. The summed E-state index contributed by atoms with van der Waals surface area (Å²) in [4.78, 5) is 31.2. The summed E-state index contributed by atoms with van der Waals surface area (Å²) in [5.74, 6) is -0.195. The Balaban J connectivity index is 1.39. The van der Waals surface area contributed by atoms with Gasteiger partial charge in [0.2, 0.25) is 5.91 Å². The minimum absolute atomic E-state index is 0.0297. The van der Waals surface area contributed by atoms with E-state index in [1.54, 1.807) is 30.5 Å². The van der Waals surface area contributed by atoms with E-state index in [1.165, 1.54) is 0 Å². The van der Waals surface area contributed by atoms with Crippen LogP contribution in [0.2, 0.25) is 0 Å². The Kier molecular flexibility index (Phi) is 5.57. The fourth-order valence-electron chi connectivity index (χ4n) is 3.38. The van der Waals surface area contributed by atoms with E-state index in [0.717, 1.165) is 16.8 Å². The number of pyridine rings is 1. The zero-order chi connectivity index (χ0) is 20.9. The van der Waals surface area contributed by atoms with Crippen molar-refractivity contribution in [2.75, 3.05) is 17.6 Å². The number of likely N-dealkylation sites (tertiary alicyclic amines) is 1. The maximum Gasteiger partial charge on any atom is 0.255 e. The molecule has 3 N–H and O–H groups in total. The number of para-hydroxylation sites is 2. The number of nitrogens with one attached hydrogen (secondary N) is 1. The molecule has 2 aromatic carbocycles. The maximum atomic E-state index is 12.7. The molecule has 2 amide bonds. The lowest BCUT2D eigenvalue weighted by Gasteiger charge is -2.15. The summed E-state index contributed by atoms with van der Waals surface area (Å²) < 4.78 is 0. The highest BCUT2D eigenvalue weighted by Crippen LogP contribution is 2.22. The lowest BCUT2D eigenvalue weighted by Crippen LogP contribution is -2.24. The lowest BCUT2D eigenvalue weighted by molar-refractivity contribution is -0.125. The van der Waals surface area contributed by atoms with E-state index in [9.17, 15) is 9.59 Å². The molecule has 4 rings (SSSR count). The average molecular weight is 398 g/mol. The quantitative estimate of drug-likeness (QED) is 0.506. The van der Waals surface area contributed by atoms with Crippen LogP contribution in [0, 0.1) is 0 Å². The molecule has 2 heterocycles. The summed E-state index contributed by atoms with van der Waals surface area (Å²) in [6.07, 6.45) is 4.27. The molecule has 1 saturated heterocycles. The number of anilines is 2. The van der Waals surface area contributed by atoms with Crippen molar-refractivity contribution >= 4 is 29.3 Å². The van der Waals surface area contributed by atoms with Crippen LogP contribution in [0.1, 0.15) is 28.0 Å². The Morgan fingerprint density at radius 1 is 1.07 bits per heavy atom. The van der Waals surface area contributed by atoms with Crippen LogP contribution in [0.3, 0.4) is 0 Å². The van der Waals surface area contributed by atoms with Crippen molar-refractivity contribution in [3.63, 3.8) is 0 Å². The number of aromatic nitrogens is 1. The molecular formula is C24H22N4O2. The highest BCUT2D eigenvalue weighted by molar-refractivity contribution is 6.05. The molecule has 0 unspecified atom stereocenters. The predicted octanol–water partition coefficient (Wildman–Crippen LogP) is 3.73. The molecule has 150 valence electrons. The summed E-state index contributed by atoms with van der Waals surface area (Å²) >= 11 is 0. The van der Waals surface area contributed by atoms with Crippen molar-refractivity contribution in [3.05, 3.63) is 95.3 Å². The van der Waals surface area contributed by atoms with E-state index in [4.69, 9.17) is 5.73 Å². The molecule has 1 fully saturated rings. The number of nitrogens with zero attached hydrogens (tertiary/aromatic N) is 2. The minimum atomic E-state index is -0.225. The molecule has 0 saturated carbocycles. The Hall–Kier alpha value is -3.93. The van der Waals surface area contributed by atoms with Crippen molar-refractivity contribution in [3.8, 4) is 0 Å². The smallest absolute Gasteiger partial charge is 0.255 e. The number of carbonyl (C=O) groups excluding carboxylic acids is 2. The number of hydrogen-bond donors (Lipinski definition) is 2. The summed E-state index contributed by atoms with van der Waals surface area (Å²) in [6.45, 7) is 1.18. The SMILES string of the molecule is Nc1ccccc1NC(=O)c1ccc(CN2CC/C(=C\c3ccccn3)C2=O)cc1. The van der Waals surface area contributed by atoms with Crippen molar-refractivity contribution < 1.29 is 9.59 Å². The number of hydrogen-bond acceptors (Lipinski definition) is 4. The number of nitrogens with two attached hydrogens (primary N) is 1. The number of amides is 2. The zero-order valence-electron chi connectivity index (χ0n) is 16.4. The number of benzene rings is 2. The van der Waals surface area contributed by atoms with Crippen LogP contribution in [0.15, 0.2) is 78.5 Å². The molecule has 6 nitrogen and oxygen atoms in total. The van der Waals surface area contributed by atoms with Crippen LogP contribution in [-0.2, 0) is 11.3 Å². The van der Waals surface area contributed by atoms with Crippen LogP contribution in [-0.4, -0.2) is 28.2 Å². The van der Waals surface area contributed by atoms with Gasteiger partial charge in [0, 0.05) is 30.4 Å². The van der Waals surface area contributed by atoms with Gasteiger partial charge in [0.1, 0.15) is 0 Å². The Morgan fingerprint density at radius 3 is 2.57 bits per heavy atom. The van der Waals surface area contributed by atoms with Gasteiger partial charge in [0.05, 0.1) is 17.1 Å². The lowest BCUT2D eigenvalue weighted by atomic mass is 10.1. The first-order valence-electron chi connectivity index (χ1n) is 9.76. The fourth-order valence-corrected chi connectivity index (χ4v) is 3.38. The number of carbonyl (C=O) groups is 2. The molecule has 0 atom stereocenters. The van der Waals surface area contributed by atoms with Crippen molar-refractivity contribution in [1.29, 1.82) is 0 Å². The largest absolute Gasteiger partial charge is 0.397 e. The van der Waals surface area contributed by atoms with E-state index < -0.39 is 0 Å². The highest BCUT2D eigenvalue weighted by atomic mass is 16.2. The molecule has 0 spiro atoms. The van der Waals surface area contributed by atoms with E-state index in [0.29, 0.717) is 36.4 Å². The van der Waals surface area contributed by atoms with E-state index >= 15 is 0 Å². The molecular weight excluding hydrogens is 376 g/mol. The molecule has 30 heavy (non-hydrogen) atoms. The molecule has 0 radical (unpaired) electrons. The van der Waals surface area contributed by atoms with E-state index in [2.05, 4.69) is 10.3 Å². The van der Waals surface area contributed by atoms with Crippen LogP contribution in [0.5, 0.6) is 0 Å². The Bertz CT molecular complexity index is 1090. The predicted molar refractivity (Wildman–Crippen MR) is 117 cm³/mol. The maximum absolute atomic E-state index is 12.7. The third kappa shape index (κ3) is 4.38. The molecule has 0 bridgehead atoms. The van der Waals surface area contributed by atoms with Gasteiger partial charge in [-0.15, -0.1) is 0 Å². The minimum Gasteiger partial charge on any atom is -0.397 e. The normalized spacial score (nSPS) is 14.9. The van der Waals surface area contributed by atoms with Crippen LogP contribution in [0.25, 0.3) is 6.08 Å². The summed E-state index contributed by atoms with van der Waals surface area (Å²) in [6, 6.07) is 20.0. The van der Waals surface area contributed by atoms with Gasteiger partial charge < -0.3 is 16.0 Å². The zero-order valence-corrected chi connectivity index (χ0v) is 16.4. The second kappa shape index (κ2) is 8.61. The van der Waals surface area contributed by atoms with Crippen molar-refractivity contribution in [1.82, 2.24) is 9.88 Å². The van der Waals surface area contributed by atoms with Gasteiger partial charge in [-0.2, -0.15) is 0 Å². The summed E-state index contributed by atoms with van der Waals surface area (Å²) in [5, 5.41) is 2.81. The van der Waals surface area contributed by atoms with Crippen molar-refractivity contribution in [2.45, 2.75) is 13.0 Å². The molecule has 1 aliphatic rings. The second-order valence-electron chi connectivity index (χ2n) is 7.14. The van der Waals surface area contributed by atoms with Crippen molar-refractivity contribution in [2.24, 2.45) is 0 Å². The van der Waals surface area contributed by atoms with Gasteiger partial charge in [-0.05, 0) is 54.5 Å². The van der Waals surface area contributed by atoms with Crippen LogP contribution in [0.4, 0.5) is 11.4 Å².